The van der Waals surface area contributed by atoms with Crippen LogP contribution in [0, 0.1) is 0 Å². The Bertz CT molecular complexity index is 785. The largest absolute Gasteiger partial charge is 0.352 e. The zero-order chi connectivity index (χ0) is 19.9. The topological polar surface area (TPSA) is 55.9 Å². The Balaban J connectivity index is 1.54. The number of hydrogen-bond acceptors (Lipinski definition) is 5. The van der Waals surface area contributed by atoms with E-state index in [9.17, 15) is 9.59 Å². The number of carbonyl (C=O) groups excluding carboxylic acids is 2. The lowest BCUT2D eigenvalue weighted by Gasteiger charge is -2.32. The van der Waals surface area contributed by atoms with Crippen molar-refractivity contribution in [1.82, 2.24) is 15.1 Å². The summed E-state index contributed by atoms with van der Waals surface area (Å²) in [5, 5.41) is 4.88. The van der Waals surface area contributed by atoms with Crippen molar-refractivity contribution in [2.45, 2.75) is 6.42 Å². The molecular formula is C21H28N4O2S. The van der Waals surface area contributed by atoms with Crippen LogP contribution in [0.2, 0.25) is 0 Å². The van der Waals surface area contributed by atoms with Crippen molar-refractivity contribution in [3.05, 3.63) is 52.2 Å². The number of nitrogens with zero attached hydrogens (tertiary/aromatic N) is 3. The van der Waals surface area contributed by atoms with Crippen LogP contribution in [-0.4, -0.2) is 75.0 Å². The summed E-state index contributed by atoms with van der Waals surface area (Å²) in [5.41, 5.74) is 1.15. The van der Waals surface area contributed by atoms with Crippen LogP contribution >= 0.6 is 11.3 Å². The molecule has 7 heteroatoms. The van der Waals surface area contributed by atoms with Crippen molar-refractivity contribution in [3.8, 4) is 0 Å². The SMILES string of the molecule is CN1CCN(CCCNC(=O)c2ccccc2N(C)C(=O)c2cccs2)CC1. The minimum Gasteiger partial charge on any atom is -0.352 e. The smallest absolute Gasteiger partial charge is 0.268 e. The van der Waals surface area contributed by atoms with Crippen molar-refractivity contribution in [2.75, 3.05) is 58.3 Å². The molecule has 1 fully saturated rings. The second kappa shape index (κ2) is 9.82. The number of hydrogen-bond donors (Lipinski definition) is 1. The van der Waals surface area contributed by atoms with Gasteiger partial charge in [-0.2, -0.15) is 0 Å². The number of amides is 2. The average Bonchev–Trinajstić information content (AvgIpc) is 3.26. The van der Waals surface area contributed by atoms with E-state index in [2.05, 4.69) is 22.2 Å². The van der Waals surface area contributed by atoms with Crippen LogP contribution in [0.3, 0.4) is 0 Å². The first kappa shape index (κ1) is 20.5. The van der Waals surface area contributed by atoms with Gasteiger partial charge < -0.3 is 20.0 Å². The molecule has 0 spiro atoms. The lowest BCUT2D eigenvalue weighted by atomic mass is 10.1. The van der Waals surface area contributed by atoms with Gasteiger partial charge in [0.25, 0.3) is 11.8 Å². The standard InChI is InChI=1S/C21H28N4O2S/c1-23-12-14-25(15-13-23)11-6-10-22-20(26)17-7-3-4-8-18(17)24(2)21(27)19-9-5-16-28-19/h3-5,7-9,16H,6,10-15H2,1-2H3,(H,22,26). The monoisotopic (exact) mass is 400 g/mol. The van der Waals surface area contributed by atoms with E-state index in [1.54, 1.807) is 24.1 Å². The van der Waals surface area contributed by atoms with E-state index in [1.807, 2.05) is 29.6 Å². The van der Waals surface area contributed by atoms with E-state index in [1.165, 1.54) is 11.3 Å². The van der Waals surface area contributed by atoms with Crippen molar-refractivity contribution < 1.29 is 9.59 Å². The van der Waals surface area contributed by atoms with Gasteiger partial charge in [-0.1, -0.05) is 18.2 Å². The van der Waals surface area contributed by atoms with E-state index >= 15 is 0 Å². The Hall–Kier alpha value is -2.22. The second-order valence-electron chi connectivity index (χ2n) is 7.11. The Labute approximate surface area is 170 Å². The molecule has 1 aromatic heterocycles. The van der Waals surface area contributed by atoms with Crippen LogP contribution in [0.5, 0.6) is 0 Å². The Kier molecular flexibility index (Phi) is 7.19. The van der Waals surface area contributed by atoms with E-state index in [-0.39, 0.29) is 11.8 Å². The number of benzene rings is 1. The minimum absolute atomic E-state index is 0.106. The van der Waals surface area contributed by atoms with Crippen LogP contribution < -0.4 is 10.2 Å². The number of anilines is 1. The summed E-state index contributed by atoms with van der Waals surface area (Å²) in [4.78, 5) is 32.3. The average molecular weight is 401 g/mol. The molecule has 2 heterocycles. The highest BCUT2D eigenvalue weighted by Crippen LogP contribution is 2.22. The van der Waals surface area contributed by atoms with Gasteiger partial charge in [-0.15, -0.1) is 11.3 Å². The molecule has 0 unspecified atom stereocenters. The molecule has 6 nitrogen and oxygen atoms in total. The zero-order valence-corrected chi connectivity index (χ0v) is 17.4. The third kappa shape index (κ3) is 5.19. The highest BCUT2D eigenvalue weighted by atomic mass is 32.1. The summed E-state index contributed by atoms with van der Waals surface area (Å²) >= 11 is 1.40. The van der Waals surface area contributed by atoms with Crippen molar-refractivity contribution in [2.24, 2.45) is 0 Å². The highest BCUT2D eigenvalue weighted by molar-refractivity contribution is 7.12. The molecule has 0 saturated carbocycles. The van der Waals surface area contributed by atoms with Crippen molar-refractivity contribution >= 4 is 28.8 Å². The molecule has 3 rings (SSSR count). The van der Waals surface area contributed by atoms with Gasteiger partial charge >= 0.3 is 0 Å². The Morgan fingerprint density at radius 3 is 2.57 bits per heavy atom. The molecule has 1 aromatic carbocycles. The summed E-state index contributed by atoms with van der Waals surface area (Å²) in [6, 6.07) is 10.9. The van der Waals surface area contributed by atoms with Crippen molar-refractivity contribution in [3.63, 3.8) is 0 Å². The first-order valence-electron chi connectivity index (χ1n) is 9.66. The minimum atomic E-state index is -0.139. The lowest BCUT2D eigenvalue weighted by Crippen LogP contribution is -2.45. The van der Waals surface area contributed by atoms with Gasteiger partial charge in [-0.25, -0.2) is 0 Å². The molecule has 1 N–H and O–H groups in total. The number of likely N-dealkylation sites (N-methyl/N-ethyl adjacent to an activating group) is 1. The maximum absolute atomic E-state index is 12.7. The van der Waals surface area contributed by atoms with Gasteiger partial charge in [0.05, 0.1) is 16.1 Å². The first-order valence-corrected chi connectivity index (χ1v) is 10.5. The van der Waals surface area contributed by atoms with Crippen molar-refractivity contribution in [1.29, 1.82) is 0 Å². The molecule has 0 radical (unpaired) electrons. The molecule has 1 saturated heterocycles. The predicted octanol–water partition coefficient (Wildman–Crippen LogP) is 2.39. The maximum Gasteiger partial charge on any atom is 0.268 e. The quantitative estimate of drug-likeness (QED) is 0.725. The first-order chi connectivity index (χ1) is 13.6. The Morgan fingerprint density at radius 2 is 1.86 bits per heavy atom. The highest BCUT2D eigenvalue weighted by Gasteiger charge is 2.20. The van der Waals surface area contributed by atoms with Gasteiger partial charge in [-0.3, -0.25) is 9.59 Å². The summed E-state index contributed by atoms with van der Waals surface area (Å²) in [6.45, 7) is 6.00. The van der Waals surface area contributed by atoms with Crippen LogP contribution in [0.15, 0.2) is 41.8 Å². The van der Waals surface area contributed by atoms with E-state index in [4.69, 9.17) is 0 Å². The number of carbonyl (C=O) groups is 2. The number of piperazine rings is 1. The Morgan fingerprint density at radius 1 is 1.11 bits per heavy atom. The van der Waals surface area contributed by atoms with E-state index < -0.39 is 0 Å². The molecule has 0 bridgehead atoms. The summed E-state index contributed by atoms with van der Waals surface area (Å²) in [6.07, 6.45) is 0.918. The van der Waals surface area contributed by atoms with Gasteiger partial charge in [0.15, 0.2) is 0 Å². The van der Waals surface area contributed by atoms with Crippen LogP contribution in [0.25, 0.3) is 0 Å². The fourth-order valence-corrected chi connectivity index (χ4v) is 4.00. The normalized spacial score (nSPS) is 15.4. The van der Waals surface area contributed by atoms with Crippen LogP contribution in [0.4, 0.5) is 5.69 Å². The number of thiophene rings is 1. The molecule has 1 aliphatic rings. The lowest BCUT2D eigenvalue weighted by molar-refractivity contribution is 0.0950. The number of para-hydroxylation sites is 1. The van der Waals surface area contributed by atoms with Crippen LogP contribution in [-0.2, 0) is 0 Å². The van der Waals surface area contributed by atoms with Gasteiger partial charge in [0, 0.05) is 39.8 Å². The van der Waals surface area contributed by atoms with Crippen LogP contribution in [0.1, 0.15) is 26.5 Å². The van der Waals surface area contributed by atoms with Gasteiger partial charge in [-0.05, 0) is 43.6 Å². The third-order valence-corrected chi connectivity index (χ3v) is 5.94. The number of nitrogens with one attached hydrogen (secondary N) is 1. The summed E-state index contributed by atoms with van der Waals surface area (Å²) in [7, 11) is 3.86. The third-order valence-electron chi connectivity index (χ3n) is 5.08. The number of rotatable bonds is 7. The van der Waals surface area contributed by atoms with Gasteiger partial charge in [0.2, 0.25) is 0 Å². The second-order valence-corrected chi connectivity index (χ2v) is 8.06. The molecule has 2 aromatic rings. The molecular weight excluding hydrogens is 372 g/mol. The molecule has 0 atom stereocenters. The molecule has 2 amide bonds. The van der Waals surface area contributed by atoms with E-state index in [0.717, 1.165) is 39.1 Å². The van der Waals surface area contributed by atoms with E-state index in [0.29, 0.717) is 22.7 Å². The molecule has 1 aliphatic heterocycles. The summed E-state index contributed by atoms with van der Waals surface area (Å²) < 4.78 is 0. The van der Waals surface area contributed by atoms with Gasteiger partial charge in [0.1, 0.15) is 0 Å². The molecule has 28 heavy (non-hydrogen) atoms. The fraction of sp³-hybridized carbons (Fsp3) is 0.429. The fourth-order valence-electron chi connectivity index (χ4n) is 3.30. The summed E-state index contributed by atoms with van der Waals surface area (Å²) in [5.74, 6) is -0.245. The maximum atomic E-state index is 12.7. The zero-order valence-electron chi connectivity index (χ0n) is 16.6. The molecule has 150 valence electrons. The predicted molar refractivity (Wildman–Crippen MR) is 114 cm³/mol. The molecule has 0 aliphatic carbocycles.